The quantitative estimate of drug-likeness (QED) is 0.671. The SMILES string of the molecule is COc1ccccc1N1CCN(C(=O)c2nnc(-c3cccc(Cl)c3)o2)CC1. The molecule has 2 heterocycles. The minimum absolute atomic E-state index is 0.0132. The third-order valence-corrected chi connectivity index (χ3v) is 4.91. The lowest BCUT2D eigenvalue weighted by atomic mass is 10.2. The molecule has 144 valence electrons. The zero-order valence-electron chi connectivity index (χ0n) is 15.3. The van der Waals surface area contributed by atoms with Crippen molar-refractivity contribution in [3.05, 3.63) is 59.4 Å². The number of carbonyl (C=O) groups excluding carboxylic acids is 1. The van der Waals surface area contributed by atoms with Gasteiger partial charge in [0.1, 0.15) is 5.75 Å². The maximum atomic E-state index is 12.7. The first-order chi connectivity index (χ1) is 13.7. The molecule has 1 fully saturated rings. The molecule has 0 atom stereocenters. The summed E-state index contributed by atoms with van der Waals surface area (Å²) in [4.78, 5) is 16.7. The molecule has 4 rings (SSSR count). The molecule has 0 radical (unpaired) electrons. The molecule has 28 heavy (non-hydrogen) atoms. The van der Waals surface area contributed by atoms with Crippen molar-refractivity contribution < 1.29 is 13.9 Å². The highest BCUT2D eigenvalue weighted by Gasteiger charge is 2.27. The second-order valence-electron chi connectivity index (χ2n) is 6.37. The molecule has 0 saturated carbocycles. The van der Waals surface area contributed by atoms with E-state index in [0.29, 0.717) is 36.8 Å². The van der Waals surface area contributed by atoms with E-state index in [1.54, 1.807) is 36.3 Å². The summed E-state index contributed by atoms with van der Waals surface area (Å²) in [5.74, 6) is 0.824. The summed E-state index contributed by atoms with van der Waals surface area (Å²) >= 11 is 5.99. The van der Waals surface area contributed by atoms with E-state index in [-0.39, 0.29) is 17.7 Å². The van der Waals surface area contributed by atoms with E-state index in [4.69, 9.17) is 20.8 Å². The van der Waals surface area contributed by atoms with Crippen molar-refractivity contribution in [2.24, 2.45) is 0 Å². The largest absolute Gasteiger partial charge is 0.495 e. The number of hydrogen-bond donors (Lipinski definition) is 0. The Morgan fingerprint density at radius 2 is 1.86 bits per heavy atom. The van der Waals surface area contributed by atoms with Gasteiger partial charge in [0.05, 0.1) is 12.8 Å². The number of amides is 1. The number of nitrogens with zero attached hydrogens (tertiary/aromatic N) is 4. The number of ether oxygens (including phenoxy) is 1. The number of para-hydroxylation sites is 2. The van der Waals surface area contributed by atoms with Crippen LogP contribution in [-0.2, 0) is 0 Å². The molecule has 0 spiro atoms. The number of carbonyl (C=O) groups is 1. The van der Waals surface area contributed by atoms with Gasteiger partial charge in [-0.1, -0.05) is 29.8 Å². The summed E-state index contributed by atoms with van der Waals surface area (Å²) in [6.07, 6.45) is 0. The number of anilines is 1. The van der Waals surface area contributed by atoms with Gasteiger partial charge in [-0.05, 0) is 30.3 Å². The van der Waals surface area contributed by atoms with Crippen LogP contribution in [0.25, 0.3) is 11.5 Å². The molecule has 1 aromatic heterocycles. The molecule has 1 aliphatic heterocycles. The smallest absolute Gasteiger partial charge is 0.311 e. The zero-order valence-corrected chi connectivity index (χ0v) is 16.1. The van der Waals surface area contributed by atoms with E-state index in [9.17, 15) is 4.79 Å². The lowest BCUT2D eigenvalue weighted by Gasteiger charge is -2.36. The van der Waals surface area contributed by atoms with Gasteiger partial charge in [0.2, 0.25) is 5.89 Å². The molecule has 0 N–H and O–H groups in total. The van der Waals surface area contributed by atoms with Crippen LogP contribution in [0.4, 0.5) is 5.69 Å². The molecule has 0 aliphatic carbocycles. The van der Waals surface area contributed by atoms with Crippen molar-refractivity contribution >= 4 is 23.2 Å². The van der Waals surface area contributed by atoms with Crippen LogP contribution in [0, 0.1) is 0 Å². The monoisotopic (exact) mass is 398 g/mol. The molecule has 0 bridgehead atoms. The molecule has 8 heteroatoms. The van der Waals surface area contributed by atoms with Crippen molar-refractivity contribution in [3.63, 3.8) is 0 Å². The Bertz CT molecular complexity index is 983. The Kier molecular flexibility index (Phi) is 5.16. The van der Waals surface area contributed by atoms with Gasteiger partial charge >= 0.3 is 11.8 Å². The summed E-state index contributed by atoms with van der Waals surface area (Å²) in [5.41, 5.74) is 1.71. The van der Waals surface area contributed by atoms with Gasteiger partial charge in [-0.25, -0.2) is 0 Å². The normalized spacial score (nSPS) is 14.2. The molecule has 1 aliphatic rings. The minimum Gasteiger partial charge on any atom is -0.495 e. The third-order valence-electron chi connectivity index (χ3n) is 4.67. The number of hydrogen-bond acceptors (Lipinski definition) is 6. The van der Waals surface area contributed by atoms with E-state index >= 15 is 0 Å². The zero-order chi connectivity index (χ0) is 19.5. The molecular weight excluding hydrogens is 380 g/mol. The molecule has 0 unspecified atom stereocenters. The third kappa shape index (κ3) is 3.66. The fraction of sp³-hybridized carbons (Fsp3) is 0.250. The van der Waals surface area contributed by atoms with Crippen LogP contribution >= 0.6 is 11.6 Å². The van der Waals surface area contributed by atoms with Crippen molar-refractivity contribution in [1.29, 1.82) is 0 Å². The highest BCUT2D eigenvalue weighted by atomic mass is 35.5. The van der Waals surface area contributed by atoms with Crippen molar-refractivity contribution in [1.82, 2.24) is 15.1 Å². The summed E-state index contributed by atoms with van der Waals surface area (Å²) in [5, 5.41) is 8.46. The molecular formula is C20H19ClN4O3. The van der Waals surface area contributed by atoms with Crippen LogP contribution < -0.4 is 9.64 Å². The van der Waals surface area contributed by atoms with E-state index in [0.717, 1.165) is 11.4 Å². The van der Waals surface area contributed by atoms with Crippen molar-refractivity contribution in [2.45, 2.75) is 0 Å². The van der Waals surface area contributed by atoms with Crippen molar-refractivity contribution in [2.75, 3.05) is 38.2 Å². The fourth-order valence-corrected chi connectivity index (χ4v) is 3.41. The highest BCUT2D eigenvalue weighted by Crippen LogP contribution is 2.28. The Morgan fingerprint density at radius 1 is 1.07 bits per heavy atom. The fourth-order valence-electron chi connectivity index (χ4n) is 3.22. The van der Waals surface area contributed by atoms with Crippen LogP contribution in [0.2, 0.25) is 5.02 Å². The summed E-state index contributed by atoms with van der Waals surface area (Å²) in [6.45, 7) is 2.51. The first-order valence-electron chi connectivity index (χ1n) is 8.92. The minimum atomic E-state index is -0.263. The Balaban J connectivity index is 1.43. The van der Waals surface area contributed by atoms with E-state index in [1.165, 1.54) is 0 Å². The van der Waals surface area contributed by atoms with E-state index < -0.39 is 0 Å². The Labute approximate surface area is 167 Å². The summed E-state index contributed by atoms with van der Waals surface area (Å²) in [7, 11) is 1.66. The first kappa shape index (κ1) is 18.3. The van der Waals surface area contributed by atoms with Gasteiger partial charge in [0, 0.05) is 36.8 Å². The molecule has 3 aromatic rings. The predicted molar refractivity (Wildman–Crippen MR) is 106 cm³/mol. The molecule has 7 nitrogen and oxygen atoms in total. The van der Waals surface area contributed by atoms with Crippen LogP contribution in [-0.4, -0.2) is 54.3 Å². The maximum absolute atomic E-state index is 12.7. The van der Waals surface area contributed by atoms with Gasteiger partial charge in [-0.3, -0.25) is 4.79 Å². The number of halogens is 1. The summed E-state index contributed by atoms with van der Waals surface area (Å²) < 4.78 is 11.0. The van der Waals surface area contributed by atoms with E-state index in [1.807, 2.05) is 24.3 Å². The van der Waals surface area contributed by atoms with E-state index in [2.05, 4.69) is 15.1 Å². The van der Waals surface area contributed by atoms with Crippen LogP contribution in [0.5, 0.6) is 5.75 Å². The number of methoxy groups -OCH3 is 1. The second-order valence-corrected chi connectivity index (χ2v) is 6.81. The summed E-state index contributed by atoms with van der Waals surface area (Å²) in [6, 6.07) is 14.9. The first-order valence-corrected chi connectivity index (χ1v) is 9.30. The molecule has 1 saturated heterocycles. The maximum Gasteiger partial charge on any atom is 0.311 e. The van der Waals surface area contributed by atoms with Crippen molar-refractivity contribution in [3.8, 4) is 17.2 Å². The Hall–Kier alpha value is -3.06. The second kappa shape index (κ2) is 7.90. The van der Waals surface area contributed by atoms with Gasteiger partial charge in [0.25, 0.3) is 0 Å². The van der Waals surface area contributed by atoms with Crippen LogP contribution in [0.3, 0.4) is 0 Å². The van der Waals surface area contributed by atoms with Crippen LogP contribution in [0.1, 0.15) is 10.7 Å². The Morgan fingerprint density at radius 3 is 2.61 bits per heavy atom. The number of aromatic nitrogens is 2. The number of benzene rings is 2. The van der Waals surface area contributed by atoms with Gasteiger partial charge in [-0.15, -0.1) is 10.2 Å². The molecule has 2 aromatic carbocycles. The van der Waals surface area contributed by atoms with Gasteiger partial charge in [0.15, 0.2) is 0 Å². The number of piperazine rings is 1. The van der Waals surface area contributed by atoms with Gasteiger partial charge in [-0.2, -0.15) is 0 Å². The predicted octanol–water partition coefficient (Wildman–Crippen LogP) is 3.36. The number of rotatable bonds is 4. The van der Waals surface area contributed by atoms with Crippen LogP contribution in [0.15, 0.2) is 52.9 Å². The highest BCUT2D eigenvalue weighted by molar-refractivity contribution is 6.30. The average molecular weight is 399 g/mol. The topological polar surface area (TPSA) is 71.7 Å². The standard InChI is InChI=1S/C20H19ClN4O3/c1-27-17-8-3-2-7-16(17)24-9-11-25(12-10-24)20(26)19-23-22-18(28-19)14-5-4-6-15(21)13-14/h2-8,13H,9-12H2,1H3. The lowest BCUT2D eigenvalue weighted by Crippen LogP contribution is -2.49. The van der Waals surface area contributed by atoms with Gasteiger partial charge < -0.3 is 19.0 Å². The lowest BCUT2D eigenvalue weighted by molar-refractivity contribution is 0.0707. The molecule has 1 amide bonds. The average Bonchev–Trinajstić information content (AvgIpc) is 3.24.